The molecule has 0 aliphatic rings. The molecule has 0 N–H and O–H groups in total. The van der Waals surface area contributed by atoms with E-state index in [-0.39, 0.29) is 0 Å². The third-order valence-electron chi connectivity index (χ3n) is 3.24. The minimum absolute atomic E-state index is 0.586. The number of benzene rings is 1. The molecule has 100 valence electrons. The van der Waals surface area contributed by atoms with Crippen molar-refractivity contribution in [2.45, 2.75) is 20.8 Å². The Morgan fingerprint density at radius 1 is 1.37 bits per heavy atom. The predicted octanol–water partition coefficient (Wildman–Crippen LogP) is 2.92. The summed E-state index contributed by atoms with van der Waals surface area (Å²) >= 11 is 0. The first-order valence-electron chi connectivity index (χ1n) is 6.31. The molecule has 4 nitrogen and oxygen atoms in total. The van der Waals surface area contributed by atoms with Crippen molar-refractivity contribution >= 4 is 6.29 Å². The molecule has 4 heteroatoms. The zero-order valence-electron chi connectivity index (χ0n) is 11.7. The SMILES string of the molecule is CCOc1ccc(-c2c(C)nn(C)c2C)c(C=O)c1. The van der Waals surface area contributed by atoms with E-state index in [0.717, 1.165) is 28.8 Å². The molecule has 19 heavy (non-hydrogen) atoms. The van der Waals surface area contributed by atoms with Gasteiger partial charge in [-0.15, -0.1) is 0 Å². The van der Waals surface area contributed by atoms with E-state index in [2.05, 4.69) is 5.10 Å². The van der Waals surface area contributed by atoms with Crippen LogP contribution in [0.4, 0.5) is 0 Å². The molecule has 2 aromatic rings. The number of hydrogen-bond acceptors (Lipinski definition) is 3. The second kappa shape index (κ2) is 5.26. The summed E-state index contributed by atoms with van der Waals surface area (Å²) in [5.74, 6) is 0.715. The Balaban J connectivity index is 2.58. The summed E-state index contributed by atoms with van der Waals surface area (Å²) in [4.78, 5) is 11.3. The molecule has 2 rings (SSSR count). The van der Waals surface area contributed by atoms with Crippen molar-refractivity contribution in [3.05, 3.63) is 35.2 Å². The van der Waals surface area contributed by atoms with Crippen LogP contribution in [0, 0.1) is 13.8 Å². The van der Waals surface area contributed by atoms with Crippen LogP contribution < -0.4 is 4.74 Å². The summed E-state index contributed by atoms with van der Waals surface area (Å²) in [6.07, 6.45) is 0.865. The van der Waals surface area contributed by atoms with Gasteiger partial charge in [0.25, 0.3) is 0 Å². The number of aromatic nitrogens is 2. The summed E-state index contributed by atoms with van der Waals surface area (Å²) in [6.45, 7) is 6.46. The van der Waals surface area contributed by atoms with Gasteiger partial charge in [0.2, 0.25) is 0 Å². The fourth-order valence-electron chi connectivity index (χ4n) is 2.29. The summed E-state index contributed by atoms with van der Waals surface area (Å²) in [5.41, 5.74) is 4.52. The summed E-state index contributed by atoms with van der Waals surface area (Å²) < 4.78 is 7.25. The highest BCUT2D eigenvalue weighted by molar-refractivity contribution is 5.89. The molecular weight excluding hydrogens is 240 g/mol. The Kier molecular flexibility index (Phi) is 3.69. The van der Waals surface area contributed by atoms with E-state index in [4.69, 9.17) is 4.74 Å². The van der Waals surface area contributed by atoms with Crippen LogP contribution >= 0.6 is 0 Å². The van der Waals surface area contributed by atoms with Crippen LogP contribution in [0.5, 0.6) is 5.75 Å². The normalized spacial score (nSPS) is 10.5. The minimum Gasteiger partial charge on any atom is -0.494 e. The largest absolute Gasteiger partial charge is 0.494 e. The van der Waals surface area contributed by atoms with Crippen molar-refractivity contribution in [2.24, 2.45) is 7.05 Å². The van der Waals surface area contributed by atoms with Crippen molar-refractivity contribution in [2.75, 3.05) is 6.61 Å². The van der Waals surface area contributed by atoms with E-state index < -0.39 is 0 Å². The van der Waals surface area contributed by atoms with Gasteiger partial charge in [-0.25, -0.2) is 0 Å². The zero-order valence-corrected chi connectivity index (χ0v) is 11.7. The number of rotatable bonds is 4. The van der Waals surface area contributed by atoms with Crippen molar-refractivity contribution in [1.82, 2.24) is 9.78 Å². The molecule has 0 saturated carbocycles. The number of ether oxygens (including phenoxy) is 1. The number of carbonyl (C=O) groups excluding carboxylic acids is 1. The monoisotopic (exact) mass is 258 g/mol. The molecule has 0 saturated heterocycles. The molecule has 0 radical (unpaired) electrons. The average Bonchev–Trinajstić information content (AvgIpc) is 2.64. The van der Waals surface area contributed by atoms with E-state index in [1.54, 1.807) is 6.07 Å². The quantitative estimate of drug-likeness (QED) is 0.792. The van der Waals surface area contributed by atoms with Gasteiger partial charge < -0.3 is 4.74 Å². The maximum Gasteiger partial charge on any atom is 0.150 e. The van der Waals surface area contributed by atoms with E-state index in [1.807, 2.05) is 44.6 Å². The highest BCUT2D eigenvalue weighted by Gasteiger charge is 2.15. The molecular formula is C15H18N2O2. The topological polar surface area (TPSA) is 44.1 Å². The highest BCUT2D eigenvalue weighted by atomic mass is 16.5. The molecule has 1 aromatic carbocycles. The molecule has 0 amide bonds. The molecule has 0 atom stereocenters. The Bertz CT molecular complexity index is 615. The maximum absolute atomic E-state index is 11.3. The van der Waals surface area contributed by atoms with Gasteiger partial charge in [0.1, 0.15) is 5.75 Å². The van der Waals surface area contributed by atoms with E-state index >= 15 is 0 Å². The Morgan fingerprint density at radius 2 is 2.11 bits per heavy atom. The first kappa shape index (κ1) is 13.3. The third kappa shape index (κ3) is 2.38. The van der Waals surface area contributed by atoms with Crippen molar-refractivity contribution in [3.8, 4) is 16.9 Å². The minimum atomic E-state index is 0.586. The van der Waals surface area contributed by atoms with Gasteiger partial charge in [0, 0.05) is 23.9 Å². The van der Waals surface area contributed by atoms with Gasteiger partial charge in [-0.2, -0.15) is 5.10 Å². The first-order valence-corrected chi connectivity index (χ1v) is 6.31. The lowest BCUT2D eigenvalue weighted by atomic mass is 9.98. The van der Waals surface area contributed by atoms with Crippen LogP contribution in [0.3, 0.4) is 0 Å². The van der Waals surface area contributed by atoms with Crippen LogP contribution in [-0.4, -0.2) is 22.7 Å². The van der Waals surface area contributed by atoms with E-state index in [1.165, 1.54) is 0 Å². The Morgan fingerprint density at radius 3 is 2.63 bits per heavy atom. The van der Waals surface area contributed by atoms with Gasteiger partial charge in [-0.3, -0.25) is 9.48 Å². The van der Waals surface area contributed by atoms with Gasteiger partial charge >= 0.3 is 0 Å². The molecule has 1 aromatic heterocycles. The van der Waals surface area contributed by atoms with Crippen LogP contribution in [0.15, 0.2) is 18.2 Å². The smallest absolute Gasteiger partial charge is 0.150 e. The fourth-order valence-corrected chi connectivity index (χ4v) is 2.29. The lowest BCUT2D eigenvalue weighted by molar-refractivity contribution is 0.112. The highest BCUT2D eigenvalue weighted by Crippen LogP contribution is 2.31. The number of carbonyl (C=O) groups is 1. The van der Waals surface area contributed by atoms with Crippen molar-refractivity contribution in [1.29, 1.82) is 0 Å². The van der Waals surface area contributed by atoms with E-state index in [9.17, 15) is 4.79 Å². The zero-order chi connectivity index (χ0) is 14.0. The van der Waals surface area contributed by atoms with Gasteiger partial charge in [-0.05, 0) is 44.5 Å². The lowest BCUT2D eigenvalue weighted by Gasteiger charge is -2.09. The molecule has 0 bridgehead atoms. The third-order valence-corrected chi connectivity index (χ3v) is 3.24. The summed E-state index contributed by atoms with van der Waals surface area (Å²) in [7, 11) is 1.90. The van der Waals surface area contributed by atoms with Gasteiger partial charge in [0.05, 0.1) is 12.3 Å². The summed E-state index contributed by atoms with van der Waals surface area (Å²) in [6, 6.07) is 5.58. The molecule has 0 aliphatic heterocycles. The second-order valence-corrected chi connectivity index (χ2v) is 4.47. The fraction of sp³-hybridized carbons (Fsp3) is 0.333. The number of aryl methyl sites for hydroxylation is 2. The Labute approximate surface area is 113 Å². The number of hydrogen-bond donors (Lipinski definition) is 0. The van der Waals surface area contributed by atoms with Crippen LogP contribution in [-0.2, 0) is 7.05 Å². The molecule has 0 unspecified atom stereocenters. The lowest BCUT2D eigenvalue weighted by Crippen LogP contribution is -1.96. The maximum atomic E-state index is 11.3. The Hall–Kier alpha value is -2.10. The predicted molar refractivity (Wildman–Crippen MR) is 74.7 cm³/mol. The van der Waals surface area contributed by atoms with E-state index in [0.29, 0.717) is 17.9 Å². The molecule has 0 spiro atoms. The summed E-state index contributed by atoms with van der Waals surface area (Å²) in [5, 5.41) is 4.39. The van der Waals surface area contributed by atoms with Crippen molar-refractivity contribution < 1.29 is 9.53 Å². The molecule has 0 fully saturated rings. The molecule has 0 aliphatic carbocycles. The van der Waals surface area contributed by atoms with Gasteiger partial charge in [0.15, 0.2) is 6.29 Å². The first-order chi connectivity index (χ1) is 9.08. The number of aldehydes is 1. The van der Waals surface area contributed by atoms with Crippen molar-refractivity contribution in [3.63, 3.8) is 0 Å². The van der Waals surface area contributed by atoms with Gasteiger partial charge in [-0.1, -0.05) is 0 Å². The van der Waals surface area contributed by atoms with Crippen LogP contribution in [0.25, 0.3) is 11.1 Å². The second-order valence-electron chi connectivity index (χ2n) is 4.47. The average molecular weight is 258 g/mol. The number of nitrogens with zero attached hydrogens (tertiary/aromatic N) is 2. The van der Waals surface area contributed by atoms with Crippen LogP contribution in [0.1, 0.15) is 28.7 Å². The standard InChI is InChI=1S/C15H18N2O2/c1-5-19-13-6-7-14(12(8-13)9-18)15-10(2)16-17(4)11(15)3/h6-9H,5H2,1-4H3. The van der Waals surface area contributed by atoms with Crippen LogP contribution in [0.2, 0.25) is 0 Å². The molecule has 1 heterocycles.